The Kier molecular flexibility index (Phi) is 2.88. The Balaban J connectivity index is 0.0000000900. The molecule has 4 heteroatoms. The van der Waals surface area contributed by atoms with E-state index in [1.165, 1.54) is 0 Å². The van der Waals surface area contributed by atoms with Crippen LogP contribution in [0.25, 0.3) is 0 Å². The largest absolute Gasteiger partial charge is 0 e. The summed E-state index contributed by atoms with van der Waals surface area (Å²) in [6.07, 6.45) is 0. The van der Waals surface area contributed by atoms with Crippen LogP contribution in [0.15, 0.2) is 14.2 Å². The fourth-order valence-corrected chi connectivity index (χ4v) is 0. The molecule has 0 unspecified atom stereocenters. The van der Waals surface area contributed by atoms with Gasteiger partial charge in [-0.25, -0.2) is 0 Å². The van der Waals surface area contributed by atoms with E-state index in [2.05, 4.69) is 14.2 Å². The molecule has 0 atom stereocenters. The van der Waals surface area contributed by atoms with E-state index in [1.807, 2.05) is 0 Å². The summed E-state index contributed by atoms with van der Waals surface area (Å²) in [7, 11) is 0. The first-order valence-corrected chi connectivity index (χ1v) is 0.500. The van der Waals surface area contributed by atoms with Gasteiger partial charge in [0.05, 0.1) is 0 Å². The maximum absolute atomic E-state index is 3.50. The van der Waals surface area contributed by atoms with E-state index in [-0.39, 0.29) is 51.4 Å². The average Bonchev–Trinajstić information content (AvgIpc) is 1.46. The van der Waals surface area contributed by atoms with Gasteiger partial charge in [-0.2, -0.15) is 0 Å². The molecule has 0 aliphatic heterocycles. The molecule has 20 valence electrons. The van der Waals surface area contributed by atoms with E-state index in [0.717, 1.165) is 0 Å². The van der Waals surface area contributed by atoms with Crippen molar-refractivity contribution in [3.8, 4) is 0 Å². The normalized spacial score (nSPS) is 6.00. The van der Waals surface area contributed by atoms with Gasteiger partial charge < -0.3 is 0 Å². The summed E-state index contributed by atoms with van der Waals surface area (Å²) in [6, 6.07) is 0. The Morgan fingerprint density at radius 3 is 1.00 bits per heavy atom. The van der Waals surface area contributed by atoms with Crippen LogP contribution < -0.4 is 0 Å². The molecule has 0 aromatic carbocycles. The Bertz CT molecular complexity index is 31.4. The zero-order valence-electron chi connectivity index (χ0n) is 1.22. The molecule has 4 heavy (non-hydrogen) atoms. The van der Waals surface area contributed by atoms with E-state index in [1.54, 1.807) is 0 Å². The average molecular weight is 88.1 g/mol. The molecule has 1 heterocycles. The number of hydrogen-bond acceptors (Lipinski definition) is 3. The Hall–Kier alpha value is 1.04. The molecule has 0 N–H and O–H groups in total. The van der Waals surface area contributed by atoms with Crippen LogP contribution in [0.4, 0.5) is 0 Å². The van der Waals surface area contributed by atoms with Crippen LogP contribution in [0.1, 0.15) is 0 Å². The molecule has 1 rings (SSSR count). The van der Waals surface area contributed by atoms with Crippen LogP contribution in [0, 0.1) is 0 Å². The molecule has 0 saturated carbocycles. The van der Waals surface area contributed by atoms with Crippen molar-refractivity contribution in [1.82, 2.24) is 0 Å². The fourth-order valence-electron chi connectivity index (χ4n) is 0. The molecule has 0 spiro atoms. The van der Waals surface area contributed by atoms with Crippen LogP contribution in [-0.4, -0.2) is 51.4 Å². The minimum Gasteiger partial charge on any atom is 0 e. The minimum absolute atomic E-state index is 0. The van der Waals surface area contributed by atoms with Crippen molar-refractivity contribution < 1.29 is 14.2 Å². The van der Waals surface area contributed by atoms with E-state index < -0.39 is 0 Å². The van der Waals surface area contributed by atoms with Gasteiger partial charge in [0.2, 0.25) is 0 Å². The van der Waals surface area contributed by atoms with Crippen LogP contribution in [0.2, 0.25) is 0 Å². The second-order valence-corrected chi connectivity index (χ2v) is 0.204. The van der Waals surface area contributed by atoms with Gasteiger partial charge in [-0.1, -0.05) is 0 Å². The van der Waals surface area contributed by atoms with Gasteiger partial charge in [0.1, 0.15) is 0 Å². The minimum atomic E-state index is 0. The van der Waals surface area contributed by atoms with Crippen molar-refractivity contribution in [2.75, 3.05) is 0 Å². The predicted octanol–water partition coefficient (Wildman–Crippen LogP) is -0.183. The Morgan fingerprint density at radius 1 is 0.750 bits per heavy atom. The van der Waals surface area contributed by atoms with Crippen molar-refractivity contribution in [2.24, 2.45) is 0 Å². The van der Waals surface area contributed by atoms with Crippen LogP contribution in [-0.2, 0) is 0 Å². The van der Waals surface area contributed by atoms with Crippen molar-refractivity contribution in [3.05, 3.63) is 0 Å². The quantitative estimate of drug-likeness (QED) is 0.326. The van der Waals surface area contributed by atoms with Crippen molar-refractivity contribution >= 4 is 51.4 Å². The maximum atomic E-state index is 3.50. The van der Waals surface area contributed by atoms with Gasteiger partial charge in [-0.05, 0) is 0 Å². The molecule has 0 fully saturated rings. The number of rotatable bonds is 0. The summed E-state index contributed by atoms with van der Waals surface area (Å²) < 4.78 is 10.5. The first-order valence-electron chi connectivity index (χ1n) is 0.500. The smallest absolute Gasteiger partial charge is 0 e. The van der Waals surface area contributed by atoms with Crippen molar-refractivity contribution in [3.63, 3.8) is 0 Å². The zero-order valence-corrected chi connectivity index (χ0v) is 1.22. The van der Waals surface area contributed by atoms with E-state index in [9.17, 15) is 0 Å². The molecule has 3 nitrogen and oxygen atoms in total. The van der Waals surface area contributed by atoms with Gasteiger partial charge in [0.25, 0.3) is 0 Å². The van der Waals surface area contributed by atoms with Crippen LogP contribution in [0.3, 0.4) is 0 Å². The molecule has 0 aliphatic rings. The van der Waals surface area contributed by atoms with E-state index in [0.29, 0.717) is 0 Å². The Labute approximate surface area is 64.5 Å². The molecule has 0 saturated heterocycles. The molecular weight excluding hydrogens is 87.1 g/mol. The summed E-state index contributed by atoms with van der Waals surface area (Å²) in [5.41, 5.74) is 0. The SMILES string of the molecule is [KH].o1oo1. The third-order valence-corrected chi connectivity index (χ3v) is 0.0680. The van der Waals surface area contributed by atoms with Gasteiger partial charge >= 0.3 is 51.4 Å². The third-order valence-electron chi connectivity index (χ3n) is 0.0680. The van der Waals surface area contributed by atoms with Crippen LogP contribution >= 0.6 is 0 Å². The van der Waals surface area contributed by atoms with Gasteiger partial charge in [0.15, 0.2) is 0 Å². The molecule has 0 amide bonds. The van der Waals surface area contributed by atoms with Gasteiger partial charge in [-0.15, -0.1) is 0 Å². The maximum Gasteiger partial charge on any atom is 0 e. The molecule has 0 aliphatic carbocycles. The standard InChI is InChI=1S/K.O3.H/c;1-2-3-1;. The van der Waals surface area contributed by atoms with Crippen molar-refractivity contribution in [1.29, 1.82) is 0 Å². The molecule has 1 aromatic rings. The summed E-state index contributed by atoms with van der Waals surface area (Å²) in [6.45, 7) is 0. The monoisotopic (exact) mass is 88.0 g/mol. The second kappa shape index (κ2) is 2.28. The first-order chi connectivity index (χ1) is 1.50. The van der Waals surface area contributed by atoms with Gasteiger partial charge in [0, 0.05) is 14.2 Å². The second-order valence-electron chi connectivity index (χ2n) is 0.204. The molecule has 0 bridgehead atoms. The summed E-state index contributed by atoms with van der Waals surface area (Å²) >= 11 is 0. The summed E-state index contributed by atoms with van der Waals surface area (Å²) in [5.74, 6) is 0. The zero-order chi connectivity index (χ0) is 2.12. The van der Waals surface area contributed by atoms with Crippen molar-refractivity contribution in [2.45, 2.75) is 0 Å². The summed E-state index contributed by atoms with van der Waals surface area (Å²) in [4.78, 5) is 0. The fraction of sp³-hybridized carbons (Fsp3) is 0. The van der Waals surface area contributed by atoms with Gasteiger partial charge in [-0.3, -0.25) is 0 Å². The predicted molar refractivity (Wildman–Crippen MR) is 10.4 cm³/mol. The third kappa shape index (κ3) is 3.04. The topological polar surface area (TPSA) is 39.4 Å². The molecule has 1 aromatic heterocycles. The van der Waals surface area contributed by atoms with Crippen LogP contribution in [0.5, 0.6) is 0 Å². The summed E-state index contributed by atoms with van der Waals surface area (Å²) in [5, 5.41) is 0. The molecule has 0 radical (unpaired) electrons. The van der Waals surface area contributed by atoms with E-state index >= 15 is 0 Å². The number of hydrogen-bond donors (Lipinski definition) is 0. The first kappa shape index (κ1) is 5.04. The molecular formula is HKO3. The van der Waals surface area contributed by atoms with E-state index in [4.69, 9.17) is 0 Å². The Morgan fingerprint density at radius 2 is 1.00 bits per heavy atom.